The van der Waals surface area contributed by atoms with Gasteiger partial charge in [-0.25, -0.2) is 15.0 Å². The fourth-order valence-electron chi connectivity index (χ4n) is 2.80. The van der Waals surface area contributed by atoms with E-state index in [9.17, 15) is 4.79 Å². The Balaban J connectivity index is 1.47. The van der Waals surface area contributed by atoms with E-state index >= 15 is 0 Å². The summed E-state index contributed by atoms with van der Waals surface area (Å²) in [6.45, 7) is 0.332. The molecule has 0 bridgehead atoms. The van der Waals surface area contributed by atoms with E-state index < -0.39 is 0 Å². The van der Waals surface area contributed by atoms with Crippen molar-refractivity contribution in [2.45, 2.75) is 13.0 Å². The fraction of sp³-hybridized carbons (Fsp3) is 0.143. The molecule has 1 amide bonds. The van der Waals surface area contributed by atoms with Crippen LogP contribution in [0.25, 0.3) is 11.1 Å². The zero-order chi connectivity index (χ0) is 19.3. The number of methoxy groups -OCH3 is 1. The predicted molar refractivity (Wildman–Crippen MR) is 103 cm³/mol. The smallest absolute Gasteiger partial charge is 0.251 e. The van der Waals surface area contributed by atoms with Crippen LogP contribution in [0.4, 0.5) is 0 Å². The maximum Gasteiger partial charge on any atom is 0.251 e. The number of rotatable bonds is 6. The molecular weight excluding hydrogens is 356 g/mol. The number of aromatic nitrogens is 3. The Morgan fingerprint density at radius 1 is 1.14 bits per heavy atom. The van der Waals surface area contributed by atoms with Crippen molar-refractivity contribution >= 4 is 17.0 Å². The van der Waals surface area contributed by atoms with Crippen molar-refractivity contribution in [3.8, 4) is 5.75 Å². The van der Waals surface area contributed by atoms with Gasteiger partial charge < -0.3 is 14.5 Å². The Morgan fingerprint density at radius 3 is 2.75 bits per heavy atom. The highest BCUT2D eigenvalue weighted by Gasteiger charge is 2.11. The minimum absolute atomic E-state index is 0.200. The average molecular weight is 374 g/mol. The molecule has 7 nitrogen and oxygen atoms in total. The molecule has 0 atom stereocenters. The quantitative estimate of drug-likeness (QED) is 0.558. The van der Waals surface area contributed by atoms with Crippen LogP contribution in [-0.2, 0) is 13.0 Å². The zero-order valence-electron chi connectivity index (χ0n) is 15.3. The predicted octanol–water partition coefficient (Wildman–Crippen LogP) is 3.15. The molecule has 0 fully saturated rings. The van der Waals surface area contributed by atoms with Gasteiger partial charge in [-0.3, -0.25) is 4.79 Å². The van der Waals surface area contributed by atoms with Crippen LogP contribution in [0.5, 0.6) is 5.75 Å². The topological polar surface area (TPSA) is 90.1 Å². The number of carbonyl (C=O) groups excluding carboxylic acids is 1. The third-order valence-electron chi connectivity index (χ3n) is 4.28. The van der Waals surface area contributed by atoms with Crippen LogP contribution in [0, 0.1) is 0 Å². The van der Waals surface area contributed by atoms with Crippen LogP contribution in [0.1, 0.15) is 27.5 Å². The summed E-state index contributed by atoms with van der Waals surface area (Å²) in [6.07, 6.45) is 3.65. The molecule has 0 aliphatic heterocycles. The highest BCUT2D eigenvalue weighted by atomic mass is 16.5. The second-order valence-corrected chi connectivity index (χ2v) is 6.20. The van der Waals surface area contributed by atoms with E-state index in [1.165, 1.54) is 6.33 Å². The monoisotopic (exact) mass is 374 g/mol. The van der Waals surface area contributed by atoms with Crippen LogP contribution in [0.15, 0.2) is 65.5 Å². The number of oxazole rings is 1. The van der Waals surface area contributed by atoms with Gasteiger partial charge in [0.05, 0.1) is 19.3 Å². The lowest BCUT2D eigenvalue weighted by Crippen LogP contribution is -2.23. The molecular formula is C21H18N4O3. The molecule has 4 rings (SSSR count). The zero-order valence-corrected chi connectivity index (χ0v) is 15.3. The van der Waals surface area contributed by atoms with Gasteiger partial charge in [-0.15, -0.1) is 0 Å². The van der Waals surface area contributed by atoms with Crippen molar-refractivity contribution in [3.05, 3.63) is 83.8 Å². The summed E-state index contributed by atoms with van der Waals surface area (Å²) in [4.78, 5) is 24.8. The lowest BCUT2D eigenvalue weighted by atomic mass is 10.1. The van der Waals surface area contributed by atoms with Gasteiger partial charge in [0.25, 0.3) is 5.91 Å². The number of carbonyl (C=O) groups is 1. The highest BCUT2D eigenvalue weighted by molar-refractivity contribution is 5.96. The number of hydrogen-bond acceptors (Lipinski definition) is 6. The Labute approximate surface area is 161 Å². The molecule has 0 spiro atoms. The standard InChI is InChI=1S/C21H18N4O3/c1-27-17-5-2-14(3-6-17)10-20-25-18-7-4-15(11-19(18)28-20)21(26)23-12-16-8-9-22-13-24-16/h2-9,11,13H,10,12H2,1H3,(H,23,26). The van der Waals surface area contributed by atoms with Crippen LogP contribution < -0.4 is 10.1 Å². The van der Waals surface area contributed by atoms with E-state index in [0.29, 0.717) is 30.0 Å². The van der Waals surface area contributed by atoms with Gasteiger partial charge in [0.15, 0.2) is 11.5 Å². The van der Waals surface area contributed by atoms with E-state index in [1.807, 2.05) is 24.3 Å². The molecule has 2 heterocycles. The van der Waals surface area contributed by atoms with Crippen molar-refractivity contribution in [3.63, 3.8) is 0 Å². The van der Waals surface area contributed by atoms with Gasteiger partial charge in [0.2, 0.25) is 0 Å². The van der Waals surface area contributed by atoms with Crippen molar-refractivity contribution in [1.82, 2.24) is 20.3 Å². The summed E-state index contributed by atoms with van der Waals surface area (Å²) >= 11 is 0. The molecule has 4 aromatic rings. The lowest BCUT2D eigenvalue weighted by Gasteiger charge is -2.04. The number of hydrogen-bond donors (Lipinski definition) is 1. The molecule has 2 aromatic heterocycles. The molecule has 0 saturated heterocycles. The first kappa shape index (κ1) is 17.7. The van der Waals surface area contributed by atoms with E-state index in [2.05, 4.69) is 20.3 Å². The van der Waals surface area contributed by atoms with Crippen LogP contribution in [0.3, 0.4) is 0 Å². The minimum Gasteiger partial charge on any atom is -0.497 e. The molecule has 2 aromatic carbocycles. The third kappa shape index (κ3) is 3.98. The van der Waals surface area contributed by atoms with Crippen molar-refractivity contribution in [2.24, 2.45) is 0 Å². The van der Waals surface area contributed by atoms with Crippen molar-refractivity contribution in [2.75, 3.05) is 7.11 Å². The van der Waals surface area contributed by atoms with Crippen molar-refractivity contribution in [1.29, 1.82) is 0 Å². The Kier molecular flexibility index (Phi) is 4.97. The summed E-state index contributed by atoms with van der Waals surface area (Å²) in [7, 11) is 1.64. The van der Waals surface area contributed by atoms with Crippen LogP contribution in [0.2, 0.25) is 0 Å². The molecule has 140 valence electrons. The molecule has 1 N–H and O–H groups in total. The number of benzene rings is 2. The number of amides is 1. The minimum atomic E-state index is -0.200. The largest absolute Gasteiger partial charge is 0.497 e. The lowest BCUT2D eigenvalue weighted by molar-refractivity contribution is 0.0950. The van der Waals surface area contributed by atoms with E-state index in [1.54, 1.807) is 37.6 Å². The Hall–Kier alpha value is -3.74. The van der Waals surface area contributed by atoms with Gasteiger partial charge in [-0.2, -0.15) is 0 Å². The second kappa shape index (κ2) is 7.87. The molecule has 7 heteroatoms. The third-order valence-corrected chi connectivity index (χ3v) is 4.28. The Bertz CT molecular complexity index is 1090. The van der Waals surface area contributed by atoms with E-state index in [4.69, 9.17) is 9.15 Å². The molecule has 0 saturated carbocycles. The normalized spacial score (nSPS) is 10.8. The Morgan fingerprint density at radius 2 is 2.00 bits per heavy atom. The first-order valence-electron chi connectivity index (χ1n) is 8.77. The average Bonchev–Trinajstić information content (AvgIpc) is 3.14. The second-order valence-electron chi connectivity index (χ2n) is 6.20. The summed E-state index contributed by atoms with van der Waals surface area (Å²) in [5.74, 6) is 1.20. The summed E-state index contributed by atoms with van der Waals surface area (Å²) in [6, 6.07) is 14.7. The van der Waals surface area contributed by atoms with Gasteiger partial charge in [-0.1, -0.05) is 12.1 Å². The van der Waals surface area contributed by atoms with Crippen LogP contribution in [-0.4, -0.2) is 28.0 Å². The van der Waals surface area contributed by atoms with E-state index in [-0.39, 0.29) is 5.91 Å². The summed E-state index contributed by atoms with van der Waals surface area (Å²) in [5.41, 5.74) is 3.61. The summed E-state index contributed by atoms with van der Waals surface area (Å²) in [5, 5.41) is 2.83. The maximum absolute atomic E-state index is 12.4. The SMILES string of the molecule is COc1ccc(Cc2nc3ccc(C(=O)NCc4ccncn4)cc3o2)cc1. The summed E-state index contributed by atoms with van der Waals surface area (Å²) < 4.78 is 11.0. The fourth-order valence-corrected chi connectivity index (χ4v) is 2.80. The number of fused-ring (bicyclic) bond motifs is 1. The van der Waals surface area contributed by atoms with Gasteiger partial charge in [0, 0.05) is 18.2 Å². The van der Waals surface area contributed by atoms with Crippen molar-refractivity contribution < 1.29 is 13.9 Å². The molecule has 0 aliphatic rings. The number of nitrogens with zero attached hydrogens (tertiary/aromatic N) is 3. The van der Waals surface area contributed by atoms with Crippen LogP contribution >= 0.6 is 0 Å². The van der Waals surface area contributed by atoms with Gasteiger partial charge >= 0.3 is 0 Å². The van der Waals surface area contributed by atoms with E-state index in [0.717, 1.165) is 22.5 Å². The first-order valence-corrected chi connectivity index (χ1v) is 8.77. The molecule has 0 aliphatic carbocycles. The number of nitrogens with one attached hydrogen (secondary N) is 1. The molecule has 0 unspecified atom stereocenters. The molecule has 28 heavy (non-hydrogen) atoms. The number of ether oxygens (including phenoxy) is 1. The first-order chi connectivity index (χ1) is 13.7. The maximum atomic E-state index is 12.4. The molecule has 0 radical (unpaired) electrons. The highest BCUT2D eigenvalue weighted by Crippen LogP contribution is 2.20. The van der Waals surface area contributed by atoms with Gasteiger partial charge in [0.1, 0.15) is 17.6 Å². The van der Waals surface area contributed by atoms with Gasteiger partial charge in [-0.05, 0) is 42.0 Å².